The molecule has 2 N–H and O–H groups in total. The van der Waals surface area contributed by atoms with Crippen molar-refractivity contribution in [3.05, 3.63) is 30.0 Å². The number of aromatic nitrogens is 2. The van der Waals surface area contributed by atoms with Gasteiger partial charge in [0.1, 0.15) is 6.17 Å². The summed E-state index contributed by atoms with van der Waals surface area (Å²) in [6, 6.07) is 4.23. The molecule has 6 nitrogen and oxygen atoms in total. The number of ether oxygens (including phenoxy) is 1. The number of carboxylic acids is 1. The van der Waals surface area contributed by atoms with Crippen molar-refractivity contribution in [1.29, 1.82) is 0 Å². The Kier molecular flexibility index (Phi) is 3.66. The predicted octanol–water partition coefficient (Wildman–Crippen LogP) is 1.87. The Balaban J connectivity index is 1.87. The van der Waals surface area contributed by atoms with E-state index in [2.05, 4.69) is 15.3 Å². The summed E-state index contributed by atoms with van der Waals surface area (Å²) in [6.45, 7) is 0.559. The molecule has 1 aliphatic heterocycles. The zero-order chi connectivity index (χ0) is 14.8. The van der Waals surface area contributed by atoms with Crippen molar-refractivity contribution in [2.75, 3.05) is 18.5 Å². The number of rotatable bonds is 3. The van der Waals surface area contributed by atoms with Gasteiger partial charge in [-0.2, -0.15) is 0 Å². The average Bonchev–Trinajstić information content (AvgIpc) is 2.49. The molecule has 0 spiro atoms. The number of carboxylic acid groups (broad SMARTS) is 1. The third-order valence-electron chi connectivity index (χ3n) is 3.43. The minimum atomic E-state index is -1.11. The molecule has 3 rings (SSSR count). The van der Waals surface area contributed by atoms with E-state index in [1.54, 1.807) is 12.3 Å². The third kappa shape index (κ3) is 2.92. The van der Waals surface area contributed by atoms with Gasteiger partial charge in [0.25, 0.3) is 0 Å². The fourth-order valence-electron chi connectivity index (χ4n) is 2.26. The van der Waals surface area contributed by atoms with Crippen LogP contribution in [0.15, 0.2) is 24.4 Å². The van der Waals surface area contributed by atoms with Gasteiger partial charge >= 0.3 is 5.97 Å². The lowest BCUT2D eigenvalue weighted by Gasteiger charge is -2.26. The minimum Gasteiger partial charge on any atom is -0.478 e. The number of fused-ring (bicyclic) bond motifs is 1. The van der Waals surface area contributed by atoms with Gasteiger partial charge in [-0.1, -0.05) is 6.07 Å². The van der Waals surface area contributed by atoms with Crippen LogP contribution in [0.25, 0.3) is 10.9 Å². The first-order valence-corrected chi connectivity index (χ1v) is 6.62. The van der Waals surface area contributed by atoms with E-state index in [4.69, 9.17) is 9.84 Å². The molecule has 7 heteroatoms. The van der Waals surface area contributed by atoms with Crippen LogP contribution in [-0.4, -0.2) is 46.5 Å². The number of aromatic carboxylic acids is 1. The summed E-state index contributed by atoms with van der Waals surface area (Å²) in [5, 5.41) is 12.7. The highest BCUT2D eigenvalue weighted by molar-refractivity contribution is 5.93. The predicted molar refractivity (Wildman–Crippen MR) is 74.2 cm³/mol. The highest BCUT2D eigenvalue weighted by atomic mass is 19.1. The van der Waals surface area contributed by atoms with Crippen LogP contribution in [0.3, 0.4) is 0 Å². The first-order chi connectivity index (χ1) is 10.1. The van der Waals surface area contributed by atoms with Crippen molar-refractivity contribution in [3.8, 4) is 0 Å². The first-order valence-electron chi connectivity index (χ1n) is 6.62. The van der Waals surface area contributed by atoms with E-state index in [-0.39, 0.29) is 18.2 Å². The van der Waals surface area contributed by atoms with Crippen LogP contribution in [0.5, 0.6) is 0 Å². The molecule has 0 radical (unpaired) electrons. The molecule has 1 fully saturated rings. The van der Waals surface area contributed by atoms with Crippen molar-refractivity contribution < 1.29 is 19.0 Å². The van der Waals surface area contributed by atoms with Gasteiger partial charge in [0.15, 0.2) is 0 Å². The Morgan fingerprint density at radius 1 is 1.48 bits per heavy atom. The molecule has 2 heterocycles. The molecule has 0 aliphatic carbocycles. The van der Waals surface area contributed by atoms with Crippen LogP contribution in [0.2, 0.25) is 0 Å². The molecule has 0 saturated carbocycles. The van der Waals surface area contributed by atoms with E-state index < -0.39 is 12.1 Å². The summed E-state index contributed by atoms with van der Waals surface area (Å²) in [5.41, 5.74) is 0.663. The highest BCUT2D eigenvalue weighted by Gasteiger charge is 2.25. The lowest BCUT2D eigenvalue weighted by molar-refractivity contribution is 0.0284. The maximum absolute atomic E-state index is 13.7. The highest BCUT2D eigenvalue weighted by Crippen LogP contribution is 2.18. The van der Waals surface area contributed by atoms with Crippen LogP contribution in [-0.2, 0) is 4.74 Å². The number of alkyl halides is 1. The average molecular weight is 291 g/mol. The lowest BCUT2D eigenvalue weighted by atomic mass is 10.1. The molecule has 2 aromatic rings. The van der Waals surface area contributed by atoms with Crippen molar-refractivity contribution in [2.24, 2.45) is 0 Å². The van der Waals surface area contributed by atoms with Crippen molar-refractivity contribution in [2.45, 2.75) is 18.6 Å². The van der Waals surface area contributed by atoms with E-state index in [1.165, 1.54) is 12.1 Å². The molecule has 1 saturated heterocycles. The van der Waals surface area contributed by atoms with Gasteiger partial charge in [-0.25, -0.2) is 19.2 Å². The smallest absolute Gasteiger partial charge is 0.335 e. The van der Waals surface area contributed by atoms with E-state index >= 15 is 0 Å². The Hall–Kier alpha value is -2.28. The fourth-order valence-corrected chi connectivity index (χ4v) is 2.26. The van der Waals surface area contributed by atoms with Gasteiger partial charge in [-0.3, -0.25) is 0 Å². The normalized spacial score (nSPS) is 22.1. The van der Waals surface area contributed by atoms with Crippen LogP contribution in [0.4, 0.5) is 10.3 Å². The van der Waals surface area contributed by atoms with Crippen LogP contribution < -0.4 is 5.32 Å². The molecule has 21 heavy (non-hydrogen) atoms. The number of carbonyl (C=O) groups is 1. The van der Waals surface area contributed by atoms with Gasteiger partial charge in [0.2, 0.25) is 5.95 Å². The lowest BCUT2D eigenvalue weighted by Crippen LogP contribution is -2.39. The van der Waals surface area contributed by atoms with Gasteiger partial charge in [-0.15, -0.1) is 0 Å². The van der Waals surface area contributed by atoms with E-state index in [1.807, 2.05) is 0 Å². The number of nitrogens with zero attached hydrogens (tertiary/aromatic N) is 2. The molecule has 2 atom stereocenters. The van der Waals surface area contributed by atoms with E-state index in [9.17, 15) is 9.18 Å². The minimum absolute atomic E-state index is 0.0639. The first kappa shape index (κ1) is 13.7. The molecule has 0 unspecified atom stereocenters. The molecular formula is C14H14FN3O3. The van der Waals surface area contributed by atoms with Gasteiger partial charge in [0, 0.05) is 18.2 Å². The zero-order valence-electron chi connectivity index (χ0n) is 11.1. The summed E-state index contributed by atoms with van der Waals surface area (Å²) in [4.78, 5) is 19.4. The standard InChI is InChI=1S/C14H14FN3O3/c15-10-7-21-4-3-11(10)17-14-16-6-9-2-1-8(13(19)20)5-12(9)18-14/h1-2,5-6,10-11H,3-4,7H2,(H,19,20)(H,16,17,18)/t10-,11+/m0/s1. The molecule has 110 valence electrons. The van der Waals surface area contributed by atoms with Crippen LogP contribution >= 0.6 is 0 Å². The van der Waals surface area contributed by atoms with Crippen LogP contribution in [0.1, 0.15) is 16.8 Å². The number of nitrogens with one attached hydrogen (secondary N) is 1. The molecule has 0 bridgehead atoms. The number of hydrogen-bond acceptors (Lipinski definition) is 5. The van der Waals surface area contributed by atoms with Crippen LogP contribution in [0, 0.1) is 0 Å². The van der Waals surface area contributed by atoms with E-state index in [0.717, 1.165) is 5.39 Å². The number of hydrogen-bond donors (Lipinski definition) is 2. The number of benzene rings is 1. The topological polar surface area (TPSA) is 84.3 Å². The van der Waals surface area contributed by atoms with Crippen molar-refractivity contribution in [3.63, 3.8) is 0 Å². The monoisotopic (exact) mass is 291 g/mol. The summed E-state index contributed by atoms with van der Waals surface area (Å²) < 4.78 is 18.7. The largest absolute Gasteiger partial charge is 0.478 e. The van der Waals surface area contributed by atoms with Crippen molar-refractivity contribution >= 4 is 22.8 Å². The van der Waals surface area contributed by atoms with Crippen molar-refractivity contribution in [1.82, 2.24) is 9.97 Å². The number of anilines is 1. The Labute approximate surface area is 120 Å². The second-order valence-electron chi connectivity index (χ2n) is 4.90. The summed E-state index contributed by atoms with van der Waals surface area (Å²) in [6.07, 6.45) is 1.02. The zero-order valence-corrected chi connectivity index (χ0v) is 11.1. The Bertz CT molecular complexity index is 680. The Morgan fingerprint density at radius 2 is 2.33 bits per heavy atom. The summed E-state index contributed by atoms with van der Waals surface area (Å²) in [5.74, 6) is -0.724. The SMILES string of the molecule is O=C(O)c1ccc2cnc(N[C@@H]3CCOC[C@@H]3F)nc2c1. The molecule has 0 amide bonds. The maximum atomic E-state index is 13.7. The third-order valence-corrected chi connectivity index (χ3v) is 3.43. The fraction of sp³-hybridized carbons (Fsp3) is 0.357. The van der Waals surface area contributed by atoms with E-state index in [0.29, 0.717) is 24.5 Å². The second-order valence-corrected chi connectivity index (χ2v) is 4.90. The summed E-state index contributed by atoms with van der Waals surface area (Å²) >= 11 is 0. The molecular weight excluding hydrogens is 277 g/mol. The van der Waals surface area contributed by atoms with Gasteiger partial charge in [-0.05, 0) is 18.6 Å². The quantitative estimate of drug-likeness (QED) is 0.898. The summed E-state index contributed by atoms with van der Waals surface area (Å²) in [7, 11) is 0. The molecule has 1 aliphatic rings. The Morgan fingerprint density at radius 3 is 3.10 bits per heavy atom. The number of halogens is 1. The molecule has 1 aromatic heterocycles. The second kappa shape index (κ2) is 5.61. The maximum Gasteiger partial charge on any atom is 0.335 e. The van der Waals surface area contributed by atoms with Gasteiger partial charge in [0.05, 0.1) is 23.7 Å². The van der Waals surface area contributed by atoms with Gasteiger partial charge < -0.3 is 15.2 Å². The molecule has 1 aromatic carbocycles.